The molecule has 1 amide bonds. The Morgan fingerprint density at radius 3 is 2.95 bits per heavy atom. The van der Waals surface area contributed by atoms with Gasteiger partial charge >= 0.3 is 0 Å². The Hall–Kier alpha value is -1.95. The van der Waals surface area contributed by atoms with Gasteiger partial charge < -0.3 is 9.80 Å². The molecule has 2 heterocycles. The second-order valence-electron chi connectivity index (χ2n) is 5.29. The molecule has 0 fully saturated rings. The van der Waals surface area contributed by atoms with Gasteiger partial charge in [-0.05, 0) is 29.6 Å². The molecule has 1 aromatic heterocycles. The van der Waals surface area contributed by atoms with Crippen molar-refractivity contribution in [2.45, 2.75) is 25.9 Å². The van der Waals surface area contributed by atoms with Crippen LogP contribution >= 0.6 is 11.5 Å². The molecule has 3 rings (SSSR count). The van der Waals surface area contributed by atoms with Gasteiger partial charge in [-0.3, -0.25) is 4.79 Å². The maximum atomic E-state index is 12.7. The van der Waals surface area contributed by atoms with Crippen molar-refractivity contribution in [1.82, 2.24) is 14.5 Å². The lowest BCUT2D eigenvalue weighted by atomic mass is 10.1. The smallest absolute Gasteiger partial charge is 0.275 e. The zero-order valence-corrected chi connectivity index (χ0v) is 13.0. The van der Waals surface area contributed by atoms with Crippen molar-refractivity contribution in [3.63, 3.8) is 0 Å². The van der Waals surface area contributed by atoms with E-state index in [1.54, 1.807) is 5.38 Å². The number of hydrogen-bond donors (Lipinski definition) is 0. The Morgan fingerprint density at radius 2 is 2.24 bits per heavy atom. The van der Waals surface area contributed by atoms with Gasteiger partial charge in [0.05, 0.1) is 0 Å². The standard InChI is InChI=1S/C15H18N4OS/c1-3-12-9-18(2)14-7-5-4-6-11(14)8-19(12)15(20)13-10-21-17-16-13/h4-7,10,12H,3,8-9H2,1-2H3. The molecule has 1 aromatic carbocycles. The highest BCUT2D eigenvalue weighted by atomic mass is 32.1. The number of aromatic nitrogens is 2. The van der Waals surface area contributed by atoms with E-state index in [4.69, 9.17) is 0 Å². The molecule has 0 aliphatic carbocycles. The van der Waals surface area contributed by atoms with Crippen molar-refractivity contribution in [1.29, 1.82) is 0 Å². The first-order valence-corrected chi connectivity index (χ1v) is 7.91. The molecule has 6 heteroatoms. The molecule has 0 radical (unpaired) electrons. The molecule has 0 bridgehead atoms. The summed E-state index contributed by atoms with van der Waals surface area (Å²) in [6.07, 6.45) is 0.918. The minimum Gasteiger partial charge on any atom is -0.372 e. The van der Waals surface area contributed by atoms with Crippen LogP contribution in [0.3, 0.4) is 0 Å². The summed E-state index contributed by atoms with van der Waals surface area (Å²) in [5.74, 6) is -0.0271. The van der Waals surface area contributed by atoms with E-state index >= 15 is 0 Å². The first-order chi connectivity index (χ1) is 10.2. The molecule has 0 saturated carbocycles. The van der Waals surface area contributed by atoms with Crippen LogP contribution in [0.1, 0.15) is 29.4 Å². The second-order valence-corrected chi connectivity index (χ2v) is 5.90. The number of benzene rings is 1. The average molecular weight is 302 g/mol. The topological polar surface area (TPSA) is 49.3 Å². The van der Waals surface area contributed by atoms with Gasteiger partial charge in [0.1, 0.15) is 0 Å². The van der Waals surface area contributed by atoms with Crippen LogP contribution in [-0.4, -0.2) is 40.0 Å². The third kappa shape index (κ3) is 2.63. The normalized spacial score (nSPS) is 18.3. The number of carbonyl (C=O) groups excluding carboxylic acids is 1. The van der Waals surface area contributed by atoms with Crippen LogP contribution in [0.2, 0.25) is 0 Å². The average Bonchev–Trinajstić information content (AvgIpc) is 3.00. The number of rotatable bonds is 2. The Balaban J connectivity index is 1.97. The highest BCUT2D eigenvalue weighted by Crippen LogP contribution is 2.27. The molecule has 0 N–H and O–H groups in total. The zero-order valence-electron chi connectivity index (χ0n) is 12.2. The fourth-order valence-electron chi connectivity index (χ4n) is 2.83. The summed E-state index contributed by atoms with van der Waals surface area (Å²) < 4.78 is 3.81. The van der Waals surface area contributed by atoms with Gasteiger partial charge in [-0.15, -0.1) is 5.10 Å². The summed E-state index contributed by atoms with van der Waals surface area (Å²) >= 11 is 1.21. The molecule has 1 aliphatic heterocycles. The van der Waals surface area contributed by atoms with Crippen molar-refractivity contribution < 1.29 is 4.79 Å². The van der Waals surface area contributed by atoms with Crippen molar-refractivity contribution in [2.24, 2.45) is 0 Å². The fourth-order valence-corrected chi connectivity index (χ4v) is 3.26. The first kappa shape index (κ1) is 14.0. The van der Waals surface area contributed by atoms with Crippen molar-refractivity contribution in [3.05, 3.63) is 40.9 Å². The van der Waals surface area contributed by atoms with Crippen LogP contribution in [0.4, 0.5) is 5.69 Å². The quantitative estimate of drug-likeness (QED) is 0.855. The second kappa shape index (κ2) is 5.81. The van der Waals surface area contributed by atoms with E-state index in [-0.39, 0.29) is 11.9 Å². The summed E-state index contributed by atoms with van der Waals surface area (Å²) in [5.41, 5.74) is 2.82. The lowest BCUT2D eigenvalue weighted by Gasteiger charge is -2.30. The van der Waals surface area contributed by atoms with E-state index in [2.05, 4.69) is 40.6 Å². The number of amides is 1. The van der Waals surface area contributed by atoms with Gasteiger partial charge in [-0.2, -0.15) is 0 Å². The van der Waals surface area contributed by atoms with Gasteiger partial charge in [0, 0.05) is 37.2 Å². The maximum absolute atomic E-state index is 12.7. The lowest BCUT2D eigenvalue weighted by Crippen LogP contribution is -2.43. The molecular weight excluding hydrogens is 284 g/mol. The largest absolute Gasteiger partial charge is 0.372 e. The monoisotopic (exact) mass is 302 g/mol. The molecular formula is C15H18N4OS. The van der Waals surface area contributed by atoms with Gasteiger partial charge in [0.15, 0.2) is 5.69 Å². The molecule has 0 spiro atoms. The van der Waals surface area contributed by atoms with Crippen LogP contribution in [-0.2, 0) is 6.54 Å². The SMILES string of the molecule is CCC1CN(C)c2ccccc2CN1C(=O)c1csnn1. The van der Waals surface area contributed by atoms with Gasteiger partial charge in [0.25, 0.3) is 5.91 Å². The predicted molar refractivity (Wildman–Crippen MR) is 83.6 cm³/mol. The third-order valence-electron chi connectivity index (χ3n) is 3.98. The van der Waals surface area contributed by atoms with E-state index in [1.165, 1.54) is 22.8 Å². The van der Waals surface area contributed by atoms with E-state index in [0.717, 1.165) is 13.0 Å². The molecule has 1 aliphatic rings. The minimum absolute atomic E-state index is 0.0271. The van der Waals surface area contributed by atoms with Crippen LogP contribution in [0.5, 0.6) is 0 Å². The Kier molecular flexibility index (Phi) is 3.88. The maximum Gasteiger partial charge on any atom is 0.275 e. The number of anilines is 1. The number of fused-ring (bicyclic) bond motifs is 1. The van der Waals surface area contributed by atoms with Crippen LogP contribution in [0.25, 0.3) is 0 Å². The van der Waals surface area contributed by atoms with Crippen LogP contribution < -0.4 is 4.90 Å². The van der Waals surface area contributed by atoms with Crippen LogP contribution in [0.15, 0.2) is 29.6 Å². The number of hydrogen-bond acceptors (Lipinski definition) is 5. The molecule has 21 heavy (non-hydrogen) atoms. The molecule has 1 unspecified atom stereocenters. The van der Waals surface area contributed by atoms with Crippen molar-refractivity contribution in [2.75, 3.05) is 18.5 Å². The molecule has 0 saturated heterocycles. The molecule has 1 atom stereocenters. The van der Waals surface area contributed by atoms with E-state index in [0.29, 0.717) is 12.2 Å². The van der Waals surface area contributed by atoms with Crippen molar-refractivity contribution >= 4 is 23.1 Å². The summed E-state index contributed by atoms with van der Waals surface area (Å²) in [4.78, 5) is 16.9. The van der Waals surface area contributed by atoms with Gasteiger partial charge in [0.2, 0.25) is 0 Å². The van der Waals surface area contributed by atoms with E-state index in [1.807, 2.05) is 17.0 Å². The molecule has 2 aromatic rings. The molecule has 110 valence electrons. The Bertz CT molecular complexity index is 628. The number of nitrogens with zero attached hydrogens (tertiary/aromatic N) is 4. The fraction of sp³-hybridized carbons (Fsp3) is 0.400. The minimum atomic E-state index is -0.0271. The zero-order chi connectivity index (χ0) is 14.8. The highest BCUT2D eigenvalue weighted by Gasteiger charge is 2.30. The lowest BCUT2D eigenvalue weighted by molar-refractivity contribution is 0.0661. The summed E-state index contributed by atoms with van der Waals surface area (Å²) in [6, 6.07) is 8.44. The number of carbonyl (C=O) groups is 1. The number of para-hydroxylation sites is 1. The van der Waals surface area contributed by atoms with Gasteiger partial charge in [-0.25, -0.2) is 0 Å². The highest BCUT2D eigenvalue weighted by molar-refractivity contribution is 7.03. The molecule has 5 nitrogen and oxygen atoms in total. The summed E-state index contributed by atoms with van der Waals surface area (Å²) in [5, 5.41) is 5.65. The summed E-state index contributed by atoms with van der Waals surface area (Å²) in [6.45, 7) is 3.57. The number of likely N-dealkylation sites (N-methyl/N-ethyl adjacent to an activating group) is 1. The Labute approximate surface area is 128 Å². The van der Waals surface area contributed by atoms with Crippen molar-refractivity contribution in [3.8, 4) is 0 Å². The predicted octanol–water partition coefficient (Wildman–Crippen LogP) is 2.41. The van der Waals surface area contributed by atoms with E-state index in [9.17, 15) is 4.79 Å². The third-order valence-corrected chi connectivity index (χ3v) is 4.48. The first-order valence-electron chi connectivity index (χ1n) is 7.07. The summed E-state index contributed by atoms with van der Waals surface area (Å²) in [7, 11) is 2.08. The van der Waals surface area contributed by atoms with Crippen LogP contribution in [0, 0.1) is 0 Å². The van der Waals surface area contributed by atoms with E-state index < -0.39 is 0 Å². The van der Waals surface area contributed by atoms with Gasteiger partial charge in [-0.1, -0.05) is 29.6 Å². The Morgan fingerprint density at radius 1 is 1.43 bits per heavy atom.